The van der Waals surface area contributed by atoms with E-state index in [4.69, 9.17) is 0 Å². The van der Waals surface area contributed by atoms with Gasteiger partial charge in [-0.05, 0) is 55.7 Å². The summed E-state index contributed by atoms with van der Waals surface area (Å²) in [5.41, 5.74) is 2.42. The van der Waals surface area contributed by atoms with Crippen molar-refractivity contribution in [1.29, 1.82) is 0 Å². The Labute approximate surface area is 202 Å². The van der Waals surface area contributed by atoms with Crippen LogP contribution in [-0.2, 0) is 26.2 Å². The van der Waals surface area contributed by atoms with Crippen molar-refractivity contribution in [2.24, 2.45) is 5.92 Å². The largest absolute Gasteiger partial charge is 0.352 e. The van der Waals surface area contributed by atoms with E-state index in [2.05, 4.69) is 10.3 Å². The Balaban J connectivity index is 1.20. The minimum absolute atomic E-state index is 0.0806. The lowest BCUT2D eigenvalue weighted by Crippen LogP contribution is -2.32. The molecular weight excluding hydrogens is 472 g/mol. The van der Waals surface area contributed by atoms with Crippen molar-refractivity contribution in [3.05, 3.63) is 53.0 Å². The van der Waals surface area contributed by atoms with Gasteiger partial charge in [-0.1, -0.05) is 12.1 Å². The van der Waals surface area contributed by atoms with E-state index in [1.54, 1.807) is 40.5 Å². The smallest absolute Gasteiger partial charge is 0.243 e. The van der Waals surface area contributed by atoms with Crippen molar-refractivity contribution < 1.29 is 18.0 Å². The molecule has 2 aromatic carbocycles. The van der Waals surface area contributed by atoms with Gasteiger partial charge in [-0.15, -0.1) is 11.3 Å². The number of hydrogen-bond donors (Lipinski definition) is 1. The number of thiazole rings is 1. The Bertz CT molecular complexity index is 1350. The number of nitrogens with zero attached hydrogens (tertiary/aromatic N) is 3. The summed E-state index contributed by atoms with van der Waals surface area (Å²) in [6.07, 6.45) is 1.94. The summed E-state index contributed by atoms with van der Waals surface area (Å²) < 4.78 is 27.9. The van der Waals surface area contributed by atoms with E-state index >= 15 is 0 Å². The predicted octanol–water partition coefficient (Wildman–Crippen LogP) is 3.06. The van der Waals surface area contributed by atoms with E-state index < -0.39 is 15.9 Å². The summed E-state index contributed by atoms with van der Waals surface area (Å²) in [6, 6.07) is 12.4. The van der Waals surface area contributed by atoms with Crippen LogP contribution < -0.4 is 10.2 Å². The molecule has 2 fully saturated rings. The maximum atomic E-state index is 12.8. The predicted molar refractivity (Wildman–Crippen MR) is 131 cm³/mol. The van der Waals surface area contributed by atoms with E-state index in [1.165, 1.54) is 4.31 Å². The lowest BCUT2D eigenvalue weighted by atomic mass is 10.1. The molecule has 3 aromatic rings. The molecule has 1 unspecified atom stereocenters. The Kier molecular flexibility index (Phi) is 6.13. The first-order valence-electron chi connectivity index (χ1n) is 11.4. The second kappa shape index (κ2) is 9.09. The lowest BCUT2D eigenvalue weighted by Gasteiger charge is -2.17. The highest BCUT2D eigenvalue weighted by Crippen LogP contribution is 2.30. The van der Waals surface area contributed by atoms with Gasteiger partial charge in [-0.2, -0.15) is 4.31 Å². The van der Waals surface area contributed by atoms with Gasteiger partial charge in [0.05, 0.1) is 26.0 Å². The van der Waals surface area contributed by atoms with Gasteiger partial charge in [0.2, 0.25) is 21.8 Å². The molecule has 178 valence electrons. The van der Waals surface area contributed by atoms with Crippen molar-refractivity contribution in [1.82, 2.24) is 14.6 Å². The maximum absolute atomic E-state index is 12.8. The third kappa shape index (κ3) is 4.45. The summed E-state index contributed by atoms with van der Waals surface area (Å²) in [5.74, 6) is -0.701. The molecule has 34 heavy (non-hydrogen) atoms. The van der Waals surface area contributed by atoms with Crippen molar-refractivity contribution in [2.75, 3.05) is 24.5 Å². The SMILES string of the molecule is Cc1nc2cc(N3CC(C(=O)NCc4ccc(S(=O)(=O)N5CCCC5)cc4)CC3=O)ccc2s1. The van der Waals surface area contributed by atoms with E-state index in [0.717, 1.165) is 39.3 Å². The molecule has 0 saturated carbocycles. The van der Waals surface area contributed by atoms with Crippen LogP contribution in [-0.4, -0.2) is 49.2 Å². The van der Waals surface area contributed by atoms with Gasteiger partial charge < -0.3 is 10.2 Å². The lowest BCUT2D eigenvalue weighted by molar-refractivity contribution is -0.126. The van der Waals surface area contributed by atoms with Crippen LogP contribution in [0.15, 0.2) is 47.4 Å². The second-order valence-electron chi connectivity index (χ2n) is 8.76. The molecule has 0 spiro atoms. The molecule has 10 heteroatoms. The monoisotopic (exact) mass is 498 g/mol. The highest BCUT2D eigenvalue weighted by Gasteiger charge is 2.35. The fraction of sp³-hybridized carbons (Fsp3) is 0.375. The molecule has 2 aliphatic rings. The third-order valence-corrected chi connectivity index (χ3v) is 9.24. The third-order valence-electron chi connectivity index (χ3n) is 6.38. The first-order chi connectivity index (χ1) is 16.3. The highest BCUT2D eigenvalue weighted by atomic mass is 32.2. The first-order valence-corrected chi connectivity index (χ1v) is 13.6. The van der Waals surface area contributed by atoms with E-state index in [1.807, 2.05) is 25.1 Å². The highest BCUT2D eigenvalue weighted by molar-refractivity contribution is 7.89. The summed E-state index contributed by atoms with van der Waals surface area (Å²) in [6.45, 7) is 3.68. The Morgan fingerprint density at radius 1 is 1.15 bits per heavy atom. The van der Waals surface area contributed by atoms with E-state index in [9.17, 15) is 18.0 Å². The van der Waals surface area contributed by atoms with Crippen LogP contribution in [0.3, 0.4) is 0 Å². The first kappa shape index (κ1) is 22.9. The zero-order chi connectivity index (χ0) is 23.9. The van der Waals surface area contributed by atoms with Gasteiger partial charge in [0.25, 0.3) is 0 Å². The average Bonchev–Trinajstić information content (AvgIpc) is 3.56. The molecule has 8 nitrogen and oxygen atoms in total. The number of amides is 2. The van der Waals surface area contributed by atoms with Crippen LogP contribution >= 0.6 is 11.3 Å². The quantitative estimate of drug-likeness (QED) is 0.563. The molecule has 1 aromatic heterocycles. The molecule has 2 saturated heterocycles. The van der Waals surface area contributed by atoms with E-state index in [0.29, 0.717) is 19.6 Å². The molecule has 0 aliphatic carbocycles. The van der Waals surface area contributed by atoms with Crippen molar-refractivity contribution in [3.63, 3.8) is 0 Å². The number of fused-ring (bicyclic) bond motifs is 1. The number of aryl methyl sites for hydroxylation is 1. The molecule has 2 amide bonds. The Hall–Kier alpha value is -2.82. The van der Waals surface area contributed by atoms with Crippen molar-refractivity contribution in [3.8, 4) is 0 Å². The van der Waals surface area contributed by atoms with Gasteiger partial charge in [-0.3, -0.25) is 9.59 Å². The summed E-state index contributed by atoms with van der Waals surface area (Å²) in [7, 11) is -3.45. The topological polar surface area (TPSA) is 99.7 Å². The van der Waals surface area contributed by atoms with Crippen LogP contribution in [0.5, 0.6) is 0 Å². The molecule has 0 radical (unpaired) electrons. The molecule has 5 rings (SSSR count). The van der Waals surface area contributed by atoms with E-state index in [-0.39, 0.29) is 29.7 Å². The zero-order valence-corrected chi connectivity index (χ0v) is 20.5. The van der Waals surface area contributed by atoms with Gasteiger partial charge >= 0.3 is 0 Å². The standard InChI is InChI=1S/C24H26N4O4S2/c1-16-26-21-13-19(6-9-22(21)33-16)28-15-18(12-23(28)29)24(30)25-14-17-4-7-20(8-5-17)34(31,32)27-10-2-3-11-27/h4-9,13,18H,2-3,10-12,14-15H2,1H3,(H,25,30). The molecule has 1 N–H and O–H groups in total. The number of carbonyl (C=O) groups excluding carboxylic acids is 2. The summed E-state index contributed by atoms with van der Waals surface area (Å²) in [5, 5.41) is 3.86. The number of anilines is 1. The normalized spacial score (nSPS) is 19.3. The Morgan fingerprint density at radius 3 is 2.62 bits per heavy atom. The number of benzene rings is 2. The minimum Gasteiger partial charge on any atom is -0.352 e. The summed E-state index contributed by atoms with van der Waals surface area (Å²) >= 11 is 1.61. The zero-order valence-electron chi connectivity index (χ0n) is 18.9. The van der Waals surface area contributed by atoms with Gasteiger partial charge in [0.1, 0.15) is 0 Å². The average molecular weight is 499 g/mol. The van der Waals surface area contributed by atoms with Gasteiger partial charge in [0, 0.05) is 38.3 Å². The summed E-state index contributed by atoms with van der Waals surface area (Å²) in [4.78, 5) is 31.8. The van der Waals surface area contributed by atoms with Crippen LogP contribution in [0.1, 0.15) is 29.8 Å². The molecule has 0 bridgehead atoms. The van der Waals surface area contributed by atoms with Crippen LogP contribution in [0.2, 0.25) is 0 Å². The number of aromatic nitrogens is 1. The molecule has 1 atom stereocenters. The maximum Gasteiger partial charge on any atom is 0.243 e. The second-order valence-corrected chi connectivity index (χ2v) is 11.9. The molecule has 3 heterocycles. The Morgan fingerprint density at radius 2 is 1.88 bits per heavy atom. The van der Waals surface area contributed by atoms with Crippen LogP contribution in [0.4, 0.5) is 5.69 Å². The number of hydrogen-bond acceptors (Lipinski definition) is 6. The number of sulfonamides is 1. The fourth-order valence-corrected chi connectivity index (χ4v) is 6.85. The van der Waals surface area contributed by atoms with Crippen LogP contribution in [0, 0.1) is 12.8 Å². The molecule has 2 aliphatic heterocycles. The number of rotatable bonds is 6. The molecular formula is C24H26N4O4S2. The van der Waals surface area contributed by atoms with Crippen molar-refractivity contribution >= 4 is 49.1 Å². The minimum atomic E-state index is -3.45. The van der Waals surface area contributed by atoms with Crippen LogP contribution in [0.25, 0.3) is 10.2 Å². The number of carbonyl (C=O) groups is 2. The van der Waals surface area contributed by atoms with Gasteiger partial charge in [-0.25, -0.2) is 13.4 Å². The fourth-order valence-electron chi connectivity index (χ4n) is 4.52. The van der Waals surface area contributed by atoms with Crippen molar-refractivity contribution in [2.45, 2.75) is 37.6 Å². The van der Waals surface area contributed by atoms with Gasteiger partial charge in [0.15, 0.2) is 0 Å². The number of nitrogens with one attached hydrogen (secondary N) is 1.